The number of hydrogen-bond donors (Lipinski definition) is 2. The van der Waals surface area contributed by atoms with Crippen LogP contribution in [0.1, 0.15) is 5.82 Å². The molecule has 1 heterocycles. The molecule has 0 aliphatic carbocycles. The second-order valence-electron chi connectivity index (χ2n) is 4.28. The van der Waals surface area contributed by atoms with Gasteiger partial charge in [-0.05, 0) is 18.2 Å². The summed E-state index contributed by atoms with van der Waals surface area (Å²) in [4.78, 5) is 3.83. The van der Waals surface area contributed by atoms with Crippen molar-refractivity contribution >= 4 is 15.7 Å². The highest BCUT2D eigenvalue weighted by atomic mass is 32.2. The molecule has 0 aliphatic rings. The zero-order valence-corrected chi connectivity index (χ0v) is 11.7. The van der Waals surface area contributed by atoms with E-state index in [-0.39, 0.29) is 17.1 Å². The Morgan fingerprint density at radius 2 is 2.20 bits per heavy atom. The Morgan fingerprint density at radius 3 is 2.85 bits per heavy atom. The number of nitrogens with one attached hydrogen (secondary N) is 1. The first-order valence-corrected chi connectivity index (χ1v) is 7.39. The van der Waals surface area contributed by atoms with E-state index < -0.39 is 15.8 Å². The Balaban J connectivity index is 2.08. The van der Waals surface area contributed by atoms with Crippen LogP contribution in [0.5, 0.6) is 0 Å². The van der Waals surface area contributed by atoms with Crippen LogP contribution in [0.4, 0.5) is 10.1 Å². The molecule has 20 heavy (non-hydrogen) atoms. The lowest BCUT2D eigenvalue weighted by atomic mass is 10.3. The Hall–Kier alpha value is -1.93. The number of hydrogen-bond acceptors (Lipinski definition) is 4. The van der Waals surface area contributed by atoms with Crippen LogP contribution < -0.4 is 10.5 Å². The van der Waals surface area contributed by atoms with Crippen LogP contribution in [-0.4, -0.2) is 24.5 Å². The van der Waals surface area contributed by atoms with E-state index in [0.717, 1.165) is 18.0 Å². The molecule has 108 valence electrons. The summed E-state index contributed by atoms with van der Waals surface area (Å²) in [5, 5.41) is 0. The number of aromatic nitrogens is 2. The zero-order valence-electron chi connectivity index (χ0n) is 10.9. The van der Waals surface area contributed by atoms with Gasteiger partial charge in [0.2, 0.25) is 10.0 Å². The van der Waals surface area contributed by atoms with Crippen LogP contribution in [0.3, 0.4) is 0 Å². The van der Waals surface area contributed by atoms with Crippen molar-refractivity contribution < 1.29 is 12.8 Å². The van der Waals surface area contributed by atoms with Gasteiger partial charge in [-0.3, -0.25) is 0 Å². The van der Waals surface area contributed by atoms with Gasteiger partial charge in [0.1, 0.15) is 16.5 Å². The van der Waals surface area contributed by atoms with E-state index in [2.05, 4.69) is 9.71 Å². The molecular weight excluding hydrogens is 283 g/mol. The molecule has 8 heteroatoms. The molecule has 3 N–H and O–H groups in total. The molecule has 0 radical (unpaired) electrons. The van der Waals surface area contributed by atoms with Crippen molar-refractivity contribution in [2.45, 2.75) is 11.3 Å². The van der Waals surface area contributed by atoms with Crippen LogP contribution in [0.2, 0.25) is 0 Å². The van der Waals surface area contributed by atoms with E-state index in [4.69, 9.17) is 5.73 Å². The number of imidazole rings is 1. The second-order valence-corrected chi connectivity index (χ2v) is 6.02. The summed E-state index contributed by atoms with van der Waals surface area (Å²) in [7, 11) is -2.01. The number of rotatable bonds is 5. The molecule has 0 atom stereocenters. The zero-order chi connectivity index (χ0) is 14.8. The molecular formula is C12H15FN4O2S. The predicted octanol–water partition coefficient (Wildman–Crippen LogP) is 0.662. The lowest BCUT2D eigenvalue weighted by Crippen LogP contribution is -2.27. The average Bonchev–Trinajstić information content (AvgIpc) is 2.78. The van der Waals surface area contributed by atoms with Gasteiger partial charge in [0.25, 0.3) is 0 Å². The standard InChI is InChI=1S/C12H15FN4O2S/c1-17-7-6-15-12(17)4-5-16-20(18,19)11-8-9(13)2-3-10(11)14/h2-3,6-8,16H,4-5,14H2,1H3. The number of anilines is 1. The molecule has 1 aromatic heterocycles. The van der Waals surface area contributed by atoms with Crippen molar-refractivity contribution in [3.63, 3.8) is 0 Å². The summed E-state index contributed by atoms with van der Waals surface area (Å²) in [5.74, 6) is 0.101. The number of halogens is 1. The van der Waals surface area contributed by atoms with E-state index in [9.17, 15) is 12.8 Å². The highest BCUT2D eigenvalue weighted by Gasteiger charge is 2.18. The largest absolute Gasteiger partial charge is 0.398 e. The van der Waals surface area contributed by atoms with E-state index in [1.165, 1.54) is 6.07 Å². The first kappa shape index (κ1) is 14.5. The molecule has 2 rings (SSSR count). The maximum atomic E-state index is 13.1. The smallest absolute Gasteiger partial charge is 0.242 e. The van der Waals surface area contributed by atoms with E-state index >= 15 is 0 Å². The molecule has 0 spiro atoms. The molecule has 0 saturated heterocycles. The molecule has 2 aromatic rings. The fraction of sp³-hybridized carbons (Fsp3) is 0.250. The van der Waals surface area contributed by atoms with Crippen molar-refractivity contribution in [2.24, 2.45) is 7.05 Å². The summed E-state index contributed by atoms with van der Waals surface area (Å²) < 4.78 is 41.4. The monoisotopic (exact) mass is 298 g/mol. The highest BCUT2D eigenvalue weighted by Crippen LogP contribution is 2.18. The topological polar surface area (TPSA) is 90.0 Å². The minimum absolute atomic E-state index is 0.0101. The predicted molar refractivity (Wildman–Crippen MR) is 72.9 cm³/mol. The Kier molecular flexibility index (Phi) is 4.05. The maximum Gasteiger partial charge on any atom is 0.242 e. The minimum atomic E-state index is -3.83. The Bertz CT molecular complexity index is 712. The first-order valence-electron chi connectivity index (χ1n) is 5.91. The van der Waals surface area contributed by atoms with Crippen molar-refractivity contribution in [3.05, 3.63) is 42.2 Å². The average molecular weight is 298 g/mol. The number of benzene rings is 1. The van der Waals surface area contributed by atoms with Gasteiger partial charge in [0.05, 0.1) is 5.69 Å². The first-order chi connectivity index (χ1) is 9.40. The van der Waals surface area contributed by atoms with E-state index in [0.29, 0.717) is 6.42 Å². The van der Waals surface area contributed by atoms with Gasteiger partial charge in [-0.1, -0.05) is 0 Å². The van der Waals surface area contributed by atoms with Gasteiger partial charge in [-0.25, -0.2) is 22.5 Å². The van der Waals surface area contributed by atoms with Gasteiger partial charge in [0.15, 0.2) is 0 Å². The summed E-state index contributed by atoms with van der Waals surface area (Å²) in [6, 6.07) is 3.24. The van der Waals surface area contributed by atoms with Crippen molar-refractivity contribution in [3.8, 4) is 0 Å². The van der Waals surface area contributed by atoms with E-state index in [1.807, 2.05) is 7.05 Å². The van der Waals surface area contributed by atoms with Gasteiger partial charge in [-0.15, -0.1) is 0 Å². The Labute approximate surface area is 116 Å². The van der Waals surface area contributed by atoms with Crippen LogP contribution >= 0.6 is 0 Å². The quantitative estimate of drug-likeness (QED) is 0.794. The molecule has 0 amide bonds. The van der Waals surface area contributed by atoms with Gasteiger partial charge in [0, 0.05) is 32.4 Å². The lowest BCUT2D eigenvalue weighted by Gasteiger charge is -2.09. The van der Waals surface area contributed by atoms with Crippen LogP contribution in [-0.2, 0) is 23.5 Å². The van der Waals surface area contributed by atoms with Crippen LogP contribution in [0.15, 0.2) is 35.5 Å². The summed E-state index contributed by atoms with van der Waals surface area (Å²) in [5.41, 5.74) is 5.57. The number of nitrogens with zero attached hydrogens (tertiary/aromatic N) is 2. The fourth-order valence-electron chi connectivity index (χ4n) is 1.75. The number of sulfonamides is 1. The fourth-order valence-corrected chi connectivity index (χ4v) is 2.93. The number of nitrogens with two attached hydrogens (primary N) is 1. The second kappa shape index (κ2) is 5.59. The summed E-state index contributed by atoms with van der Waals surface area (Å²) in [6.07, 6.45) is 3.83. The van der Waals surface area contributed by atoms with Gasteiger partial charge in [-0.2, -0.15) is 0 Å². The van der Waals surface area contributed by atoms with Crippen molar-refractivity contribution in [1.82, 2.24) is 14.3 Å². The van der Waals surface area contributed by atoms with Crippen molar-refractivity contribution in [1.29, 1.82) is 0 Å². The van der Waals surface area contributed by atoms with Gasteiger partial charge >= 0.3 is 0 Å². The van der Waals surface area contributed by atoms with Crippen LogP contribution in [0.25, 0.3) is 0 Å². The highest BCUT2D eigenvalue weighted by molar-refractivity contribution is 7.89. The normalized spacial score (nSPS) is 11.7. The summed E-state index contributed by atoms with van der Waals surface area (Å²) in [6.45, 7) is 0.156. The molecule has 0 bridgehead atoms. The van der Waals surface area contributed by atoms with E-state index in [1.54, 1.807) is 17.0 Å². The molecule has 0 aliphatic heterocycles. The maximum absolute atomic E-state index is 13.1. The summed E-state index contributed by atoms with van der Waals surface area (Å²) >= 11 is 0. The van der Waals surface area contributed by atoms with Crippen molar-refractivity contribution in [2.75, 3.05) is 12.3 Å². The minimum Gasteiger partial charge on any atom is -0.398 e. The number of aryl methyl sites for hydroxylation is 1. The molecule has 0 fully saturated rings. The SMILES string of the molecule is Cn1ccnc1CCNS(=O)(=O)c1cc(F)ccc1N. The van der Waals surface area contributed by atoms with Gasteiger partial charge < -0.3 is 10.3 Å². The number of nitrogen functional groups attached to an aromatic ring is 1. The lowest BCUT2D eigenvalue weighted by molar-refractivity contribution is 0.577. The molecule has 0 unspecified atom stereocenters. The Morgan fingerprint density at radius 1 is 1.45 bits per heavy atom. The molecule has 0 saturated carbocycles. The third-order valence-corrected chi connectivity index (χ3v) is 4.34. The third kappa shape index (κ3) is 3.14. The third-order valence-electron chi connectivity index (χ3n) is 2.83. The molecule has 1 aromatic carbocycles. The molecule has 6 nitrogen and oxygen atoms in total. The van der Waals surface area contributed by atoms with Crippen LogP contribution in [0, 0.1) is 5.82 Å².